The van der Waals surface area contributed by atoms with Crippen LogP contribution in [-0.2, 0) is 4.79 Å². The Hall–Kier alpha value is -4.18. The minimum atomic E-state index is -0.490. The molecule has 0 bridgehead atoms. The fourth-order valence-corrected chi connectivity index (χ4v) is 4.06. The molecule has 0 radical (unpaired) electrons. The number of pyridine rings is 1. The number of aromatic nitrogens is 4. The van der Waals surface area contributed by atoms with Crippen LogP contribution in [0.1, 0.15) is 23.1 Å². The molecule has 1 aliphatic rings. The van der Waals surface area contributed by atoms with Gasteiger partial charge in [0.1, 0.15) is 22.9 Å². The summed E-state index contributed by atoms with van der Waals surface area (Å²) in [6, 6.07) is 11.1. The fourth-order valence-electron chi connectivity index (χ4n) is 3.38. The summed E-state index contributed by atoms with van der Waals surface area (Å²) in [5, 5.41) is 9.38. The third-order valence-corrected chi connectivity index (χ3v) is 5.89. The maximum atomic E-state index is 13.3. The first kappa shape index (κ1) is 19.8. The Morgan fingerprint density at radius 2 is 2.00 bits per heavy atom. The van der Waals surface area contributed by atoms with Gasteiger partial charge in [-0.3, -0.25) is 14.0 Å². The minimum Gasteiger partial charge on any atom is -0.305 e. The number of anilines is 1. The van der Waals surface area contributed by atoms with E-state index in [4.69, 9.17) is 0 Å². The Morgan fingerprint density at radius 1 is 1.16 bits per heavy atom. The van der Waals surface area contributed by atoms with Crippen LogP contribution >= 0.6 is 11.3 Å². The first-order valence-electron chi connectivity index (χ1n) is 9.69. The average Bonchev–Trinajstić information content (AvgIpc) is 3.49. The predicted octanol–water partition coefficient (Wildman–Crippen LogP) is 3.58. The van der Waals surface area contributed by atoms with Crippen molar-refractivity contribution in [3.05, 3.63) is 71.5 Å². The largest absolute Gasteiger partial charge is 0.305 e. The van der Waals surface area contributed by atoms with Gasteiger partial charge in [0.15, 0.2) is 0 Å². The maximum Gasteiger partial charge on any atom is 0.281 e. The van der Waals surface area contributed by atoms with Gasteiger partial charge in [0.25, 0.3) is 17.8 Å². The summed E-state index contributed by atoms with van der Waals surface area (Å²) >= 11 is 1.51. The van der Waals surface area contributed by atoms with Crippen LogP contribution < -0.4 is 5.32 Å². The zero-order chi connectivity index (χ0) is 22.4. The molecule has 0 saturated heterocycles. The number of imidazole rings is 1. The van der Waals surface area contributed by atoms with E-state index < -0.39 is 5.91 Å². The molecular weight excluding hydrogens is 426 g/mol. The van der Waals surface area contributed by atoms with Gasteiger partial charge in [0.05, 0.1) is 21.9 Å². The number of thiophene rings is 1. The van der Waals surface area contributed by atoms with E-state index in [2.05, 4.69) is 32.0 Å². The third kappa shape index (κ3) is 3.26. The summed E-state index contributed by atoms with van der Waals surface area (Å²) in [4.78, 5) is 39.2. The van der Waals surface area contributed by atoms with E-state index >= 15 is 0 Å². The Balaban J connectivity index is 1.59. The van der Waals surface area contributed by atoms with E-state index in [9.17, 15) is 9.59 Å². The summed E-state index contributed by atoms with van der Waals surface area (Å²) in [6.07, 6.45) is 1.78. The van der Waals surface area contributed by atoms with Gasteiger partial charge in [-0.25, -0.2) is 9.98 Å². The molecule has 0 saturated carbocycles. The lowest BCUT2D eigenvalue weighted by molar-refractivity contribution is -0.113. The smallest absolute Gasteiger partial charge is 0.281 e. The molecule has 0 atom stereocenters. The van der Waals surface area contributed by atoms with Gasteiger partial charge in [-0.05, 0) is 37.4 Å². The lowest BCUT2D eigenvalue weighted by atomic mass is 10.2. The molecule has 0 unspecified atom stereocenters. The van der Waals surface area contributed by atoms with Crippen LogP contribution in [-0.4, -0.2) is 42.7 Å². The van der Waals surface area contributed by atoms with E-state index in [1.165, 1.54) is 16.0 Å². The third-order valence-electron chi connectivity index (χ3n) is 5.00. The quantitative estimate of drug-likeness (QED) is 0.489. The molecule has 2 amide bonds. The van der Waals surface area contributed by atoms with Gasteiger partial charge < -0.3 is 5.32 Å². The van der Waals surface area contributed by atoms with Crippen LogP contribution in [0.3, 0.4) is 0 Å². The second-order valence-electron chi connectivity index (χ2n) is 7.13. The van der Waals surface area contributed by atoms with Gasteiger partial charge >= 0.3 is 0 Å². The van der Waals surface area contributed by atoms with Crippen molar-refractivity contribution in [3.8, 4) is 10.6 Å². The van der Waals surface area contributed by atoms with Gasteiger partial charge in [-0.2, -0.15) is 14.8 Å². The maximum absolute atomic E-state index is 13.3. The highest BCUT2D eigenvalue weighted by atomic mass is 32.1. The molecule has 10 heteroatoms. The van der Waals surface area contributed by atoms with Crippen LogP contribution in [0.15, 0.2) is 70.1 Å². The number of hydrogen-bond acceptors (Lipinski definition) is 6. The lowest BCUT2D eigenvalue weighted by Gasteiger charge is -2.12. The number of hydrogen-bond donors (Lipinski definition) is 1. The molecular formula is C22H17N7O2S. The number of nitrogens with zero attached hydrogens (tertiary/aromatic N) is 6. The second kappa shape index (κ2) is 7.50. The van der Waals surface area contributed by atoms with Gasteiger partial charge in [-0.1, -0.05) is 18.7 Å². The standard InChI is InChI=1S/C22H17N7O2S/c1-12-13(2)24-22(26-20(12)30)29-18(11-15(27-29)16-7-6-10-32-16)25-21(31)19-14(3)23-17-8-4-5-9-28(17)19/h4-11H,1H2,2-3H3,(H,25,31). The summed E-state index contributed by atoms with van der Waals surface area (Å²) in [5.74, 6) is -0.462. The monoisotopic (exact) mass is 443 g/mol. The molecule has 4 aromatic heterocycles. The number of aryl methyl sites for hydroxylation is 1. The molecule has 0 aromatic carbocycles. The Morgan fingerprint density at radius 3 is 2.75 bits per heavy atom. The van der Waals surface area contributed by atoms with Gasteiger partial charge in [-0.15, -0.1) is 11.3 Å². The first-order valence-corrected chi connectivity index (χ1v) is 10.6. The minimum absolute atomic E-state index is 0.0628. The topological polar surface area (TPSA) is 106 Å². The van der Waals surface area contributed by atoms with Crippen LogP contribution in [0.4, 0.5) is 5.82 Å². The molecule has 0 aliphatic carbocycles. The van der Waals surface area contributed by atoms with E-state index in [-0.39, 0.29) is 17.4 Å². The molecule has 9 nitrogen and oxygen atoms in total. The number of carbonyl (C=O) groups is 2. The number of nitrogens with one attached hydrogen (secondary N) is 1. The molecule has 0 spiro atoms. The van der Waals surface area contributed by atoms with Crippen LogP contribution in [0, 0.1) is 6.92 Å². The summed E-state index contributed by atoms with van der Waals surface area (Å²) < 4.78 is 3.08. The van der Waals surface area contributed by atoms with Crippen LogP contribution in [0.25, 0.3) is 16.2 Å². The average molecular weight is 443 g/mol. The van der Waals surface area contributed by atoms with Gasteiger partial charge in [0.2, 0.25) is 0 Å². The Kier molecular flexibility index (Phi) is 4.63. The normalized spacial score (nSPS) is 13.9. The predicted molar refractivity (Wildman–Crippen MR) is 124 cm³/mol. The van der Waals surface area contributed by atoms with Crippen molar-refractivity contribution in [1.29, 1.82) is 0 Å². The number of amides is 2. The molecule has 1 N–H and O–H groups in total. The molecule has 32 heavy (non-hydrogen) atoms. The summed E-state index contributed by atoms with van der Waals surface area (Å²) in [7, 11) is 0. The van der Waals surface area contributed by atoms with Crippen molar-refractivity contribution in [2.24, 2.45) is 9.98 Å². The number of aliphatic imine (C=N–C) groups is 2. The van der Waals surface area contributed by atoms with Crippen molar-refractivity contribution in [2.75, 3.05) is 5.32 Å². The van der Waals surface area contributed by atoms with E-state index in [1.54, 1.807) is 30.5 Å². The highest BCUT2D eigenvalue weighted by Gasteiger charge is 2.24. The van der Waals surface area contributed by atoms with Crippen molar-refractivity contribution >= 4 is 46.3 Å². The van der Waals surface area contributed by atoms with Crippen molar-refractivity contribution in [3.63, 3.8) is 0 Å². The molecule has 5 rings (SSSR count). The van der Waals surface area contributed by atoms with E-state index in [0.29, 0.717) is 34.3 Å². The van der Waals surface area contributed by atoms with E-state index in [1.807, 2.05) is 35.7 Å². The lowest BCUT2D eigenvalue weighted by Crippen LogP contribution is -2.25. The Labute approximate surface area is 186 Å². The zero-order valence-electron chi connectivity index (χ0n) is 17.2. The van der Waals surface area contributed by atoms with Crippen molar-refractivity contribution in [1.82, 2.24) is 19.2 Å². The van der Waals surface area contributed by atoms with Crippen LogP contribution in [0.2, 0.25) is 0 Å². The molecule has 1 aliphatic heterocycles. The van der Waals surface area contributed by atoms with E-state index in [0.717, 1.165) is 4.88 Å². The SMILES string of the molecule is C=C1C(=O)N=C(n2nc(-c3cccs3)cc2NC(=O)c2c(C)nc3ccccn23)N=C1C. The summed E-state index contributed by atoms with van der Waals surface area (Å²) in [6.45, 7) is 7.15. The van der Waals surface area contributed by atoms with Crippen LogP contribution in [0.5, 0.6) is 0 Å². The first-order chi connectivity index (χ1) is 15.4. The molecule has 4 aromatic rings. The Bertz CT molecular complexity index is 1470. The molecule has 0 fully saturated rings. The van der Waals surface area contributed by atoms with Crippen molar-refractivity contribution < 1.29 is 9.59 Å². The molecule has 158 valence electrons. The zero-order valence-corrected chi connectivity index (χ0v) is 18.1. The highest BCUT2D eigenvalue weighted by molar-refractivity contribution is 7.13. The van der Waals surface area contributed by atoms with Crippen molar-refractivity contribution in [2.45, 2.75) is 13.8 Å². The number of rotatable bonds is 3. The fraction of sp³-hybridized carbons (Fsp3) is 0.0909. The summed E-state index contributed by atoms with van der Waals surface area (Å²) in [5.41, 5.74) is 2.96. The highest BCUT2D eigenvalue weighted by Crippen LogP contribution is 2.27. The number of fused-ring (bicyclic) bond motifs is 1. The molecule has 5 heterocycles. The number of carbonyl (C=O) groups excluding carboxylic acids is 2. The second-order valence-corrected chi connectivity index (χ2v) is 8.07. The van der Waals surface area contributed by atoms with Gasteiger partial charge in [0, 0.05) is 12.3 Å².